The second-order valence-electron chi connectivity index (χ2n) is 4.48. The molecule has 0 aliphatic heterocycles. The summed E-state index contributed by atoms with van der Waals surface area (Å²) in [5, 5.41) is 11.5. The Bertz CT molecular complexity index is 483. The van der Waals surface area contributed by atoms with Gasteiger partial charge < -0.3 is 10.4 Å². The highest BCUT2D eigenvalue weighted by molar-refractivity contribution is 6.04. The van der Waals surface area contributed by atoms with E-state index in [0.29, 0.717) is 24.8 Å². The van der Waals surface area contributed by atoms with E-state index in [-0.39, 0.29) is 12.4 Å². The zero-order valence-corrected chi connectivity index (χ0v) is 9.78. The second-order valence-corrected chi connectivity index (χ2v) is 4.48. The van der Waals surface area contributed by atoms with Crippen LogP contribution in [-0.4, -0.2) is 23.5 Å². The summed E-state index contributed by atoms with van der Waals surface area (Å²) in [5.74, 6) is -1.86. The van der Waals surface area contributed by atoms with Gasteiger partial charge in [0.05, 0.1) is 0 Å². The lowest BCUT2D eigenvalue weighted by Crippen LogP contribution is -2.38. The predicted octanol–water partition coefficient (Wildman–Crippen LogP) is 1.35. The van der Waals surface area contributed by atoms with E-state index in [0.717, 1.165) is 0 Å². The number of aliphatic carboxylic acids is 1. The number of halogens is 1. The van der Waals surface area contributed by atoms with Crippen LogP contribution in [-0.2, 0) is 16.0 Å². The minimum atomic E-state index is -1.23. The zero-order valence-electron chi connectivity index (χ0n) is 9.78. The van der Waals surface area contributed by atoms with Gasteiger partial charge in [0.25, 0.3) is 0 Å². The quantitative estimate of drug-likeness (QED) is 0.776. The van der Waals surface area contributed by atoms with Gasteiger partial charge in [-0.25, -0.2) is 4.39 Å². The number of hydrogen-bond donors (Lipinski definition) is 2. The summed E-state index contributed by atoms with van der Waals surface area (Å²) in [6, 6.07) is 6.32. The third-order valence-electron chi connectivity index (χ3n) is 3.23. The molecule has 1 aromatic carbocycles. The molecular weight excluding hydrogens is 237 g/mol. The van der Waals surface area contributed by atoms with Gasteiger partial charge in [-0.1, -0.05) is 18.2 Å². The van der Waals surface area contributed by atoms with Crippen LogP contribution in [0, 0.1) is 11.2 Å². The van der Waals surface area contributed by atoms with Crippen molar-refractivity contribution in [3.63, 3.8) is 0 Å². The van der Waals surface area contributed by atoms with Crippen LogP contribution in [0.4, 0.5) is 4.39 Å². The summed E-state index contributed by atoms with van der Waals surface area (Å²) in [4.78, 5) is 22.5. The third-order valence-corrected chi connectivity index (χ3v) is 3.23. The number of carboxylic acids is 1. The summed E-state index contributed by atoms with van der Waals surface area (Å²) in [7, 11) is 0. The number of carboxylic acid groups (broad SMARTS) is 1. The molecule has 18 heavy (non-hydrogen) atoms. The van der Waals surface area contributed by atoms with Crippen molar-refractivity contribution in [1.82, 2.24) is 5.32 Å². The maximum atomic E-state index is 13.3. The van der Waals surface area contributed by atoms with Crippen LogP contribution in [0.3, 0.4) is 0 Å². The predicted molar refractivity (Wildman–Crippen MR) is 62.4 cm³/mol. The molecule has 0 unspecified atom stereocenters. The van der Waals surface area contributed by atoms with E-state index in [1.54, 1.807) is 18.2 Å². The van der Waals surface area contributed by atoms with Crippen LogP contribution in [0.1, 0.15) is 18.4 Å². The molecule has 4 nitrogen and oxygen atoms in total. The van der Waals surface area contributed by atoms with Gasteiger partial charge in [0.15, 0.2) is 0 Å². The first-order chi connectivity index (χ1) is 8.56. The molecule has 1 aliphatic carbocycles. The number of carbonyl (C=O) groups is 2. The van der Waals surface area contributed by atoms with Crippen molar-refractivity contribution in [2.24, 2.45) is 5.41 Å². The number of hydrogen-bond acceptors (Lipinski definition) is 2. The molecule has 0 saturated heterocycles. The molecule has 0 radical (unpaired) electrons. The number of nitrogens with one attached hydrogen (secondary N) is 1. The van der Waals surface area contributed by atoms with Crippen LogP contribution in [0.15, 0.2) is 24.3 Å². The van der Waals surface area contributed by atoms with E-state index in [2.05, 4.69) is 5.32 Å². The Labute approximate surface area is 104 Å². The minimum Gasteiger partial charge on any atom is -0.480 e. The van der Waals surface area contributed by atoms with Crippen LogP contribution in [0.5, 0.6) is 0 Å². The smallest absolute Gasteiger partial charge is 0.319 e. The van der Waals surface area contributed by atoms with Crippen LogP contribution >= 0.6 is 0 Å². The Hall–Kier alpha value is -1.91. The van der Waals surface area contributed by atoms with Crippen molar-refractivity contribution in [2.75, 3.05) is 6.54 Å². The minimum absolute atomic E-state index is 0.245. The standard InChI is InChI=1S/C13H14FNO3/c14-10-4-2-1-3-9(10)5-8-15-11(16)13(6-7-13)12(17)18/h1-4H,5-8H2,(H,15,16)(H,17,18). The third kappa shape index (κ3) is 2.34. The van der Waals surface area contributed by atoms with Gasteiger partial charge in [-0.3, -0.25) is 9.59 Å². The molecule has 0 atom stereocenters. The maximum absolute atomic E-state index is 13.3. The van der Waals surface area contributed by atoms with Crippen LogP contribution < -0.4 is 5.32 Å². The van der Waals surface area contributed by atoms with Gasteiger partial charge in [-0.15, -0.1) is 0 Å². The van der Waals surface area contributed by atoms with Crippen molar-refractivity contribution >= 4 is 11.9 Å². The van der Waals surface area contributed by atoms with Gasteiger partial charge >= 0.3 is 5.97 Å². The average molecular weight is 251 g/mol. The molecule has 1 fully saturated rings. The fraction of sp³-hybridized carbons (Fsp3) is 0.385. The summed E-state index contributed by atoms with van der Waals surface area (Å²) in [5.41, 5.74) is -0.715. The van der Waals surface area contributed by atoms with E-state index in [1.165, 1.54) is 6.07 Å². The number of carbonyl (C=O) groups excluding carboxylic acids is 1. The summed E-state index contributed by atoms with van der Waals surface area (Å²) in [6.45, 7) is 0.245. The molecule has 0 heterocycles. The fourth-order valence-electron chi connectivity index (χ4n) is 1.84. The van der Waals surface area contributed by atoms with E-state index in [9.17, 15) is 14.0 Å². The first-order valence-electron chi connectivity index (χ1n) is 5.81. The Morgan fingerprint density at radius 3 is 2.56 bits per heavy atom. The molecule has 1 amide bonds. The van der Waals surface area contributed by atoms with E-state index >= 15 is 0 Å². The first-order valence-corrected chi connectivity index (χ1v) is 5.81. The highest BCUT2D eigenvalue weighted by Gasteiger charge is 2.56. The summed E-state index contributed by atoms with van der Waals surface area (Å²) < 4.78 is 13.3. The normalized spacial score (nSPS) is 16.1. The molecule has 5 heteroatoms. The lowest BCUT2D eigenvalue weighted by atomic mass is 10.1. The molecule has 0 bridgehead atoms. The van der Waals surface area contributed by atoms with E-state index in [1.807, 2.05) is 0 Å². The first kappa shape index (κ1) is 12.5. The van der Waals surface area contributed by atoms with E-state index in [4.69, 9.17) is 5.11 Å². The van der Waals surface area contributed by atoms with Gasteiger partial charge in [-0.2, -0.15) is 0 Å². The number of benzene rings is 1. The SMILES string of the molecule is O=C(O)C1(C(=O)NCCc2ccccc2F)CC1. The van der Waals surface area contributed by atoms with Gasteiger partial charge in [0.2, 0.25) is 5.91 Å². The lowest BCUT2D eigenvalue weighted by Gasteiger charge is -2.10. The summed E-state index contributed by atoms with van der Waals surface area (Å²) >= 11 is 0. The van der Waals surface area contributed by atoms with Crippen molar-refractivity contribution < 1.29 is 19.1 Å². The zero-order chi connectivity index (χ0) is 13.2. The topological polar surface area (TPSA) is 66.4 Å². The Morgan fingerprint density at radius 2 is 2.00 bits per heavy atom. The molecule has 0 aromatic heterocycles. The molecule has 2 rings (SSSR count). The summed E-state index contributed by atoms with van der Waals surface area (Å²) in [6.07, 6.45) is 1.12. The van der Waals surface area contributed by atoms with Crippen molar-refractivity contribution in [3.05, 3.63) is 35.6 Å². The van der Waals surface area contributed by atoms with Crippen molar-refractivity contribution in [2.45, 2.75) is 19.3 Å². The number of rotatable bonds is 5. The molecule has 1 saturated carbocycles. The highest BCUT2D eigenvalue weighted by Crippen LogP contribution is 2.45. The van der Waals surface area contributed by atoms with Crippen LogP contribution in [0.2, 0.25) is 0 Å². The monoisotopic (exact) mass is 251 g/mol. The molecule has 2 N–H and O–H groups in total. The molecule has 1 aromatic rings. The second kappa shape index (κ2) is 4.76. The largest absolute Gasteiger partial charge is 0.480 e. The van der Waals surface area contributed by atoms with Crippen LogP contribution in [0.25, 0.3) is 0 Å². The van der Waals surface area contributed by atoms with E-state index < -0.39 is 17.3 Å². The molecular formula is C13H14FNO3. The Balaban J connectivity index is 1.85. The highest BCUT2D eigenvalue weighted by atomic mass is 19.1. The lowest BCUT2D eigenvalue weighted by molar-refractivity contribution is -0.149. The fourth-order valence-corrected chi connectivity index (χ4v) is 1.84. The van der Waals surface area contributed by atoms with Gasteiger partial charge in [0, 0.05) is 6.54 Å². The average Bonchev–Trinajstić information content (AvgIpc) is 3.12. The molecule has 1 aliphatic rings. The van der Waals surface area contributed by atoms with Crippen molar-refractivity contribution in [1.29, 1.82) is 0 Å². The maximum Gasteiger partial charge on any atom is 0.319 e. The Kier molecular flexibility index (Phi) is 3.32. The Morgan fingerprint density at radius 1 is 1.33 bits per heavy atom. The van der Waals surface area contributed by atoms with Gasteiger partial charge in [0.1, 0.15) is 11.2 Å². The molecule has 0 spiro atoms. The van der Waals surface area contributed by atoms with Crippen molar-refractivity contribution in [3.8, 4) is 0 Å². The number of amides is 1. The molecule has 96 valence electrons. The van der Waals surface area contributed by atoms with Gasteiger partial charge in [-0.05, 0) is 30.9 Å².